The first-order valence-electron chi connectivity index (χ1n) is 4.83. The van der Waals surface area contributed by atoms with E-state index in [0.29, 0.717) is 6.04 Å². The smallest absolute Gasteiger partial charge is 0.0784 e. The quantitative estimate of drug-likeness (QED) is 0.651. The van der Waals surface area contributed by atoms with Crippen molar-refractivity contribution in [1.29, 1.82) is 0 Å². The summed E-state index contributed by atoms with van der Waals surface area (Å²) >= 11 is 0. The molecule has 1 fully saturated rings. The zero-order valence-corrected chi connectivity index (χ0v) is 8.90. The lowest BCUT2D eigenvalue weighted by atomic mass is 9.91. The summed E-state index contributed by atoms with van der Waals surface area (Å²) in [7, 11) is 0. The summed E-state index contributed by atoms with van der Waals surface area (Å²) in [5.74, 6) is 0. The third-order valence-electron chi connectivity index (χ3n) is 3.08. The molecule has 2 heteroatoms. The molecule has 2 atom stereocenters. The Hall–Kier alpha value is -0.0800. The molecule has 1 aliphatic rings. The van der Waals surface area contributed by atoms with E-state index in [1.807, 2.05) is 0 Å². The molecule has 0 saturated carbocycles. The van der Waals surface area contributed by atoms with Gasteiger partial charge in [0.15, 0.2) is 0 Å². The maximum Gasteiger partial charge on any atom is 0.0784 e. The number of nitrogens with one attached hydrogen (secondary N) is 1. The average Bonchev–Trinajstić information content (AvgIpc) is 1.97. The fraction of sp³-hybridized carbons (Fsp3) is 1.00. The summed E-state index contributed by atoms with van der Waals surface area (Å²) in [4.78, 5) is 0. The highest BCUT2D eigenvalue weighted by molar-refractivity contribution is 4.94. The molecule has 1 heterocycles. The van der Waals surface area contributed by atoms with Crippen molar-refractivity contribution in [2.24, 2.45) is 0 Å². The van der Waals surface area contributed by atoms with Crippen LogP contribution >= 0.6 is 0 Å². The van der Waals surface area contributed by atoms with Gasteiger partial charge in [-0.1, -0.05) is 6.92 Å². The summed E-state index contributed by atoms with van der Waals surface area (Å²) in [5, 5.41) is 3.49. The minimum atomic E-state index is -0.0387. The average molecular weight is 171 g/mol. The van der Waals surface area contributed by atoms with Gasteiger partial charge in [-0.05, 0) is 34.1 Å². The third-order valence-corrected chi connectivity index (χ3v) is 3.08. The molecule has 2 nitrogen and oxygen atoms in total. The summed E-state index contributed by atoms with van der Waals surface area (Å²) < 4.78 is 6.06. The highest BCUT2D eigenvalue weighted by Crippen LogP contribution is 2.29. The van der Waals surface area contributed by atoms with Gasteiger partial charge >= 0.3 is 0 Å². The summed E-state index contributed by atoms with van der Waals surface area (Å²) in [5.41, 5.74) is -0.0149. The highest BCUT2D eigenvalue weighted by Gasteiger charge is 2.40. The van der Waals surface area contributed by atoms with Crippen LogP contribution in [0.25, 0.3) is 0 Å². The molecule has 0 bridgehead atoms. The maximum atomic E-state index is 6.06. The summed E-state index contributed by atoms with van der Waals surface area (Å²) in [6.45, 7) is 11.8. The van der Waals surface area contributed by atoms with Crippen molar-refractivity contribution in [3.8, 4) is 0 Å². The van der Waals surface area contributed by atoms with E-state index in [9.17, 15) is 0 Å². The first kappa shape index (κ1) is 10.0. The van der Waals surface area contributed by atoms with Gasteiger partial charge in [0.25, 0.3) is 0 Å². The predicted molar refractivity (Wildman–Crippen MR) is 51.3 cm³/mol. The molecular weight excluding hydrogens is 150 g/mol. The van der Waals surface area contributed by atoms with Gasteiger partial charge < -0.3 is 10.1 Å². The Morgan fingerprint density at radius 1 is 1.42 bits per heavy atom. The van der Waals surface area contributed by atoms with Crippen LogP contribution in [0.5, 0.6) is 0 Å². The minimum absolute atomic E-state index is 0.0238. The monoisotopic (exact) mass is 171 g/mol. The fourth-order valence-electron chi connectivity index (χ4n) is 1.57. The molecule has 0 aliphatic carbocycles. The number of ether oxygens (including phenoxy) is 1. The van der Waals surface area contributed by atoms with E-state index in [4.69, 9.17) is 4.74 Å². The van der Waals surface area contributed by atoms with Crippen molar-refractivity contribution in [1.82, 2.24) is 5.32 Å². The van der Waals surface area contributed by atoms with Crippen LogP contribution < -0.4 is 5.32 Å². The molecule has 0 radical (unpaired) electrons. The van der Waals surface area contributed by atoms with Gasteiger partial charge in [-0.3, -0.25) is 0 Å². The molecular formula is C10H21NO. The molecule has 0 aromatic rings. The largest absolute Gasteiger partial charge is 0.366 e. The number of hydrogen-bond acceptors (Lipinski definition) is 2. The van der Waals surface area contributed by atoms with Gasteiger partial charge in [0, 0.05) is 12.6 Å². The molecule has 2 unspecified atom stereocenters. The van der Waals surface area contributed by atoms with Gasteiger partial charge in [0.1, 0.15) is 0 Å². The van der Waals surface area contributed by atoms with E-state index in [0.717, 1.165) is 13.0 Å². The molecule has 1 rings (SSSR count). The van der Waals surface area contributed by atoms with E-state index in [2.05, 4.69) is 39.9 Å². The van der Waals surface area contributed by atoms with E-state index >= 15 is 0 Å². The minimum Gasteiger partial charge on any atom is -0.366 e. The highest BCUT2D eigenvalue weighted by atomic mass is 16.5. The Kier molecular flexibility index (Phi) is 2.50. The molecule has 1 aliphatic heterocycles. The van der Waals surface area contributed by atoms with E-state index in [1.165, 1.54) is 0 Å². The Bertz CT molecular complexity index is 164. The van der Waals surface area contributed by atoms with Crippen LogP contribution in [0.3, 0.4) is 0 Å². The molecule has 0 amide bonds. The number of rotatable bonds is 1. The zero-order chi connectivity index (χ0) is 9.41. The number of hydrogen-bond donors (Lipinski definition) is 1. The van der Waals surface area contributed by atoms with Crippen molar-refractivity contribution in [3.63, 3.8) is 0 Å². The Labute approximate surface area is 75.7 Å². The second kappa shape index (κ2) is 3.00. The maximum absolute atomic E-state index is 6.06. The molecule has 0 spiro atoms. The molecule has 1 N–H and O–H groups in total. The van der Waals surface area contributed by atoms with Crippen LogP contribution in [-0.2, 0) is 4.74 Å². The molecule has 72 valence electrons. The van der Waals surface area contributed by atoms with Crippen molar-refractivity contribution in [2.75, 3.05) is 6.54 Å². The van der Waals surface area contributed by atoms with Gasteiger partial charge in [-0.25, -0.2) is 0 Å². The number of morpholine rings is 1. The predicted octanol–water partition coefficient (Wildman–Crippen LogP) is 1.94. The van der Waals surface area contributed by atoms with Crippen LogP contribution in [0.4, 0.5) is 0 Å². The van der Waals surface area contributed by atoms with E-state index in [-0.39, 0.29) is 11.2 Å². The lowest BCUT2D eigenvalue weighted by Crippen LogP contribution is -2.61. The fourth-order valence-corrected chi connectivity index (χ4v) is 1.57. The van der Waals surface area contributed by atoms with Crippen LogP contribution in [0.1, 0.15) is 41.0 Å². The first-order chi connectivity index (χ1) is 5.40. The first-order valence-corrected chi connectivity index (χ1v) is 4.83. The molecule has 12 heavy (non-hydrogen) atoms. The van der Waals surface area contributed by atoms with Gasteiger partial charge in [-0.2, -0.15) is 0 Å². The SMILES string of the molecule is CCC1(C)CNC(C)C(C)(C)O1. The van der Waals surface area contributed by atoms with Crippen LogP contribution in [-0.4, -0.2) is 23.8 Å². The molecule has 1 saturated heterocycles. The molecule has 0 aromatic carbocycles. The van der Waals surface area contributed by atoms with Crippen molar-refractivity contribution in [2.45, 2.75) is 58.3 Å². The van der Waals surface area contributed by atoms with Gasteiger partial charge in [-0.15, -0.1) is 0 Å². The normalized spacial score (nSPS) is 41.2. The van der Waals surface area contributed by atoms with Crippen LogP contribution in [0.2, 0.25) is 0 Å². The van der Waals surface area contributed by atoms with E-state index in [1.54, 1.807) is 0 Å². The molecule has 0 aromatic heterocycles. The second-order valence-corrected chi connectivity index (χ2v) is 4.61. The zero-order valence-electron chi connectivity index (χ0n) is 8.90. The Morgan fingerprint density at radius 2 is 2.00 bits per heavy atom. The van der Waals surface area contributed by atoms with Gasteiger partial charge in [0.05, 0.1) is 11.2 Å². The van der Waals surface area contributed by atoms with Crippen LogP contribution in [0.15, 0.2) is 0 Å². The standard InChI is InChI=1S/C10H21NO/c1-6-10(5)7-11-8(2)9(3,4)12-10/h8,11H,6-7H2,1-5H3. The van der Waals surface area contributed by atoms with Crippen molar-refractivity contribution >= 4 is 0 Å². The topological polar surface area (TPSA) is 21.3 Å². The van der Waals surface area contributed by atoms with Crippen molar-refractivity contribution < 1.29 is 4.74 Å². The third kappa shape index (κ3) is 1.80. The lowest BCUT2D eigenvalue weighted by molar-refractivity contribution is -0.172. The Balaban J connectivity index is 2.68. The van der Waals surface area contributed by atoms with Crippen LogP contribution in [0, 0.1) is 0 Å². The summed E-state index contributed by atoms with van der Waals surface area (Å²) in [6.07, 6.45) is 1.07. The Morgan fingerprint density at radius 3 is 2.42 bits per heavy atom. The summed E-state index contributed by atoms with van der Waals surface area (Å²) in [6, 6.07) is 0.442. The van der Waals surface area contributed by atoms with Crippen molar-refractivity contribution in [3.05, 3.63) is 0 Å². The van der Waals surface area contributed by atoms with Gasteiger partial charge in [0.2, 0.25) is 0 Å². The lowest BCUT2D eigenvalue weighted by Gasteiger charge is -2.47. The second-order valence-electron chi connectivity index (χ2n) is 4.61. The van der Waals surface area contributed by atoms with E-state index < -0.39 is 0 Å².